The molecule has 2 aliphatic rings. The molecular weight excluding hydrogens is 257 g/mol. The van der Waals surface area contributed by atoms with Crippen molar-refractivity contribution in [2.24, 2.45) is 5.41 Å². The number of nitrogens with one attached hydrogen (secondary N) is 1. The molecule has 1 aromatic rings. The highest BCUT2D eigenvalue weighted by Gasteiger charge is 2.39. The van der Waals surface area contributed by atoms with Crippen molar-refractivity contribution in [1.29, 1.82) is 0 Å². The third-order valence-electron chi connectivity index (χ3n) is 3.85. The number of hydrogen-bond acceptors (Lipinski definition) is 3. The van der Waals surface area contributed by atoms with Gasteiger partial charge in [0.25, 0.3) is 0 Å². The molecule has 5 heteroatoms. The van der Waals surface area contributed by atoms with Crippen LogP contribution in [0.3, 0.4) is 0 Å². The summed E-state index contributed by atoms with van der Waals surface area (Å²) in [4.78, 5) is 6.54. The van der Waals surface area contributed by atoms with Gasteiger partial charge in [0.2, 0.25) is 0 Å². The maximum Gasteiger partial charge on any atom is 0.0397 e. The third-order valence-corrected chi connectivity index (χ3v) is 3.85. The monoisotopic (exact) mass is 275 g/mol. The number of rotatable bonds is 1. The molecule has 3 nitrogen and oxygen atoms in total. The molecule has 17 heavy (non-hydrogen) atoms. The molecule has 3 heterocycles. The van der Waals surface area contributed by atoms with Crippen molar-refractivity contribution in [2.45, 2.75) is 12.8 Å². The van der Waals surface area contributed by atoms with Gasteiger partial charge in [-0.25, -0.2) is 0 Å². The molecule has 96 valence electrons. The number of piperidine rings is 1. The molecule has 0 unspecified atom stereocenters. The molecular formula is C12H19Cl2N3. The van der Waals surface area contributed by atoms with Crippen LogP contribution >= 0.6 is 24.8 Å². The van der Waals surface area contributed by atoms with E-state index in [1.165, 1.54) is 44.7 Å². The van der Waals surface area contributed by atoms with E-state index in [0.29, 0.717) is 5.41 Å². The van der Waals surface area contributed by atoms with Crippen LogP contribution in [0.25, 0.3) is 0 Å². The van der Waals surface area contributed by atoms with Crippen LogP contribution in [-0.4, -0.2) is 31.2 Å². The summed E-state index contributed by atoms with van der Waals surface area (Å²) in [5, 5.41) is 3.40. The van der Waals surface area contributed by atoms with Crippen molar-refractivity contribution in [3.63, 3.8) is 0 Å². The maximum absolute atomic E-state index is 4.06. The van der Waals surface area contributed by atoms with Crippen LogP contribution in [0, 0.1) is 5.41 Å². The first-order chi connectivity index (χ1) is 7.38. The van der Waals surface area contributed by atoms with Gasteiger partial charge in [0.05, 0.1) is 0 Å². The molecule has 2 fully saturated rings. The highest BCUT2D eigenvalue weighted by molar-refractivity contribution is 5.85. The average Bonchev–Trinajstić information content (AvgIpc) is 2.28. The summed E-state index contributed by atoms with van der Waals surface area (Å²) in [6.07, 6.45) is 6.43. The Hall–Kier alpha value is -0.510. The zero-order valence-electron chi connectivity index (χ0n) is 9.76. The second kappa shape index (κ2) is 5.89. The van der Waals surface area contributed by atoms with Gasteiger partial charge in [-0.15, -0.1) is 24.8 Å². The van der Waals surface area contributed by atoms with Gasteiger partial charge in [0.1, 0.15) is 0 Å². The number of aromatic nitrogens is 1. The molecule has 1 aromatic heterocycles. The topological polar surface area (TPSA) is 28.2 Å². The molecule has 0 radical (unpaired) electrons. The Morgan fingerprint density at radius 3 is 2.12 bits per heavy atom. The van der Waals surface area contributed by atoms with E-state index in [2.05, 4.69) is 27.3 Å². The second-order valence-corrected chi connectivity index (χ2v) is 4.80. The fourth-order valence-corrected chi connectivity index (χ4v) is 2.63. The number of pyridine rings is 1. The van der Waals surface area contributed by atoms with Crippen LogP contribution in [0.4, 0.5) is 5.69 Å². The molecule has 0 atom stereocenters. The molecule has 0 bridgehead atoms. The lowest BCUT2D eigenvalue weighted by atomic mass is 9.73. The van der Waals surface area contributed by atoms with Gasteiger partial charge in [0.15, 0.2) is 0 Å². The first kappa shape index (κ1) is 14.6. The lowest BCUT2D eigenvalue weighted by molar-refractivity contribution is 0.126. The van der Waals surface area contributed by atoms with E-state index in [4.69, 9.17) is 0 Å². The molecule has 0 amide bonds. The van der Waals surface area contributed by atoms with Gasteiger partial charge in [-0.2, -0.15) is 0 Å². The molecule has 2 saturated heterocycles. The van der Waals surface area contributed by atoms with Crippen LogP contribution < -0.4 is 10.2 Å². The quantitative estimate of drug-likeness (QED) is 0.851. The van der Waals surface area contributed by atoms with E-state index in [1.54, 1.807) is 0 Å². The summed E-state index contributed by atoms with van der Waals surface area (Å²) < 4.78 is 0. The maximum atomic E-state index is 4.06. The summed E-state index contributed by atoms with van der Waals surface area (Å²) >= 11 is 0. The van der Waals surface area contributed by atoms with Gasteiger partial charge >= 0.3 is 0 Å². The minimum Gasteiger partial charge on any atom is -0.371 e. The zero-order valence-corrected chi connectivity index (χ0v) is 11.4. The van der Waals surface area contributed by atoms with Crippen molar-refractivity contribution in [3.05, 3.63) is 24.5 Å². The summed E-state index contributed by atoms with van der Waals surface area (Å²) in [6.45, 7) is 4.87. The minimum absolute atomic E-state index is 0. The first-order valence-corrected chi connectivity index (χ1v) is 5.74. The van der Waals surface area contributed by atoms with E-state index in [9.17, 15) is 0 Å². The van der Waals surface area contributed by atoms with Crippen LogP contribution in [0.15, 0.2) is 24.5 Å². The predicted octanol–water partition coefficient (Wildman–Crippen LogP) is 2.11. The van der Waals surface area contributed by atoms with Crippen LogP contribution in [0.1, 0.15) is 12.8 Å². The lowest BCUT2D eigenvalue weighted by Crippen LogP contribution is -2.58. The highest BCUT2D eigenvalue weighted by Crippen LogP contribution is 2.36. The fourth-order valence-electron chi connectivity index (χ4n) is 2.63. The minimum atomic E-state index is 0. The van der Waals surface area contributed by atoms with Crippen LogP contribution in [0.2, 0.25) is 0 Å². The Morgan fingerprint density at radius 2 is 1.65 bits per heavy atom. The first-order valence-electron chi connectivity index (χ1n) is 5.74. The second-order valence-electron chi connectivity index (χ2n) is 4.80. The lowest BCUT2D eigenvalue weighted by Gasteiger charge is -2.48. The molecule has 3 rings (SSSR count). The molecule has 1 spiro atoms. The number of halogens is 2. The van der Waals surface area contributed by atoms with Crippen molar-refractivity contribution >= 4 is 30.5 Å². The van der Waals surface area contributed by atoms with Crippen molar-refractivity contribution in [1.82, 2.24) is 10.3 Å². The van der Waals surface area contributed by atoms with E-state index < -0.39 is 0 Å². The standard InChI is InChI=1S/C12H17N3.2ClH/c1-5-13-6-2-11(1)15-7-3-12(4-8-15)9-14-10-12;;/h1-2,5-6,14H,3-4,7-10H2;2*1H. The largest absolute Gasteiger partial charge is 0.371 e. The third kappa shape index (κ3) is 2.84. The number of anilines is 1. The van der Waals surface area contributed by atoms with Crippen molar-refractivity contribution in [3.8, 4) is 0 Å². The Labute approximate surface area is 115 Å². The van der Waals surface area contributed by atoms with E-state index >= 15 is 0 Å². The Bertz CT molecular complexity index is 331. The van der Waals surface area contributed by atoms with Gasteiger partial charge < -0.3 is 10.2 Å². The summed E-state index contributed by atoms with van der Waals surface area (Å²) in [6, 6.07) is 4.22. The van der Waals surface area contributed by atoms with E-state index in [0.717, 1.165) is 0 Å². The molecule has 0 aromatic carbocycles. The molecule has 0 aliphatic carbocycles. The number of nitrogens with zero attached hydrogens (tertiary/aromatic N) is 2. The molecule has 0 saturated carbocycles. The van der Waals surface area contributed by atoms with Gasteiger partial charge in [-0.1, -0.05) is 0 Å². The predicted molar refractivity (Wildman–Crippen MR) is 75.5 cm³/mol. The average molecular weight is 276 g/mol. The molecule has 1 N–H and O–H groups in total. The summed E-state index contributed by atoms with van der Waals surface area (Å²) in [7, 11) is 0. The summed E-state index contributed by atoms with van der Waals surface area (Å²) in [5.41, 5.74) is 1.97. The van der Waals surface area contributed by atoms with Crippen LogP contribution in [0.5, 0.6) is 0 Å². The highest BCUT2D eigenvalue weighted by atomic mass is 35.5. The van der Waals surface area contributed by atoms with Gasteiger partial charge in [0, 0.05) is 44.3 Å². The SMILES string of the molecule is Cl.Cl.c1cc(N2CCC3(CC2)CNC3)ccn1. The molecule has 2 aliphatic heterocycles. The van der Waals surface area contributed by atoms with Crippen molar-refractivity contribution in [2.75, 3.05) is 31.1 Å². The number of hydrogen-bond donors (Lipinski definition) is 1. The normalized spacial score (nSPS) is 21.1. The Kier molecular flexibility index (Phi) is 5.04. The summed E-state index contributed by atoms with van der Waals surface area (Å²) in [5.74, 6) is 0. The zero-order chi connectivity index (χ0) is 10.1. The van der Waals surface area contributed by atoms with E-state index in [1.807, 2.05) is 12.4 Å². The smallest absolute Gasteiger partial charge is 0.0397 e. The van der Waals surface area contributed by atoms with E-state index in [-0.39, 0.29) is 24.8 Å². The van der Waals surface area contributed by atoms with Gasteiger partial charge in [-0.3, -0.25) is 4.98 Å². The van der Waals surface area contributed by atoms with Crippen LogP contribution in [-0.2, 0) is 0 Å². The fraction of sp³-hybridized carbons (Fsp3) is 0.583. The Balaban J connectivity index is 0.000000722. The van der Waals surface area contributed by atoms with Gasteiger partial charge in [-0.05, 0) is 30.4 Å². The Morgan fingerprint density at radius 1 is 1.06 bits per heavy atom. The van der Waals surface area contributed by atoms with Crippen molar-refractivity contribution < 1.29 is 0 Å².